The van der Waals surface area contributed by atoms with E-state index in [1.807, 2.05) is 0 Å². The molecule has 0 aromatic carbocycles. The number of fused-ring (bicyclic) bond motifs is 1. The Morgan fingerprint density at radius 2 is 2.40 bits per heavy atom. The van der Waals surface area contributed by atoms with Gasteiger partial charge in [-0.05, 0) is 23.7 Å². The average Bonchev–Trinajstić information content (AvgIpc) is 2.33. The Bertz CT molecular complexity index is 302. The number of hydrogen-bond acceptors (Lipinski definition) is 4. The summed E-state index contributed by atoms with van der Waals surface area (Å²) in [6, 6.07) is 0. The molecule has 1 aliphatic rings. The van der Waals surface area contributed by atoms with E-state index in [4.69, 9.17) is 0 Å². The second kappa shape index (κ2) is 1.98. The zero-order chi connectivity index (χ0) is 6.97. The predicted molar refractivity (Wildman–Crippen MR) is 37.7 cm³/mol. The first-order valence-electron chi connectivity index (χ1n) is 2.88. The van der Waals surface area contributed by atoms with Crippen LogP contribution in [0.3, 0.4) is 0 Å². The van der Waals surface area contributed by atoms with Crippen LogP contribution in [0, 0.1) is 0 Å². The Kier molecular flexibility index (Phi) is 1.14. The van der Waals surface area contributed by atoms with Gasteiger partial charge in [0, 0.05) is 6.42 Å². The molecule has 0 aliphatic heterocycles. The molecule has 0 saturated carbocycles. The molecule has 2 rings (SSSR count). The van der Waals surface area contributed by atoms with E-state index in [9.17, 15) is 4.79 Å². The predicted octanol–water partition coefficient (Wildman–Crippen LogP) is 0.676. The highest BCUT2D eigenvalue weighted by molar-refractivity contribution is 7.05. The first kappa shape index (κ1) is 5.73. The van der Waals surface area contributed by atoms with Crippen LogP contribution < -0.4 is 0 Å². The Balaban J connectivity index is 2.52. The number of allylic oxidation sites excluding steroid dienone is 1. The van der Waals surface area contributed by atoms with E-state index >= 15 is 0 Å². The first-order valence-corrected chi connectivity index (χ1v) is 3.66. The van der Waals surface area contributed by atoms with Gasteiger partial charge in [0.15, 0.2) is 5.78 Å². The Morgan fingerprint density at radius 3 is 3.30 bits per heavy atom. The maximum Gasteiger partial charge on any atom is 0.161 e. The minimum absolute atomic E-state index is 0.138. The molecule has 0 amide bonds. The molecule has 4 heteroatoms. The van der Waals surface area contributed by atoms with Gasteiger partial charge in [0.2, 0.25) is 0 Å². The third kappa shape index (κ3) is 0.769. The quantitative estimate of drug-likeness (QED) is 0.549. The van der Waals surface area contributed by atoms with Crippen LogP contribution in [0.1, 0.15) is 10.6 Å². The number of rotatable bonds is 0. The lowest BCUT2D eigenvalue weighted by Crippen LogP contribution is -2.02. The second-order valence-electron chi connectivity index (χ2n) is 2.06. The molecule has 3 nitrogen and oxygen atoms in total. The van der Waals surface area contributed by atoms with Gasteiger partial charge < -0.3 is 0 Å². The van der Waals surface area contributed by atoms with Crippen molar-refractivity contribution in [3.8, 4) is 0 Å². The van der Waals surface area contributed by atoms with Gasteiger partial charge in [-0.25, -0.2) is 0 Å². The number of carbonyl (C=O) groups excluding carboxylic acids is 1. The average molecular weight is 152 g/mol. The van der Waals surface area contributed by atoms with Crippen molar-refractivity contribution in [2.24, 2.45) is 0 Å². The minimum atomic E-state index is 0.138. The summed E-state index contributed by atoms with van der Waals surface area (Å²) in [5, 5.41) is 3.82. The fourth-order valence-electron chi connectivity index (χ4n) is 0.854. The summed E-state index contributed by atoms with van der Waals surface area (Å²) < 4.78 is 3.73. The van der Waals surface area contributed by atoms with E-state index in [2.05, 4.69) is 9.59 Å². The van der Waals surface area contributed by atoms with E-state index in [0.717, 1.165) is 10.6 Å². The van der Waals surface area contributed by atoms with Gasteiger partial charge in [0.05, 0.1) is 4.88 Å². The maximum absolute atomic E-state index is 10.8. The van der Waals surface area contributed by atoms with Crippen LogP contribution in [-0.4, -0.2) is 15.4 Å². The number of ketones is 1. The van der Waals surface area contributed by atoms with E-state index in [1.54, 1.807) is 12.2 Å². The third-order valence-electron chi connectivity index (χ3n) is 1.35. The van der Waals surface area contributed by atoms with Crippen LogP contribution in [0.4, 0.5) is 0 Å². The van der Waals surface area contributed by atoms with Crippen molar-refractivity contribution in [3.05, 3.63) is 16.6 Å². The molecule has 0 fully saturated rings. The van der Waals surface area contributed by atoms with Crippen molar-refractivity contribution in [1.29, 1.82) is 0 Å². The van der Waals surface area contributed by atoms with Gasteiger partial charge in [-0.15, -0.1) is 5.10 Å². The largest absolute Gasteiger partial charge is 0.294 e. The van der Waals surface area contributed by atoms with Gasteiger partial charge in [-0.2, -0.15) is 0 Å². The number of aromatic nitrogens is 2. The summed E-state index contributed by atoms with van der Waals surface area (Å²) in [6.45, 7) is 0. The minimum Gasteiger partial charge on any atom is -0.294 e. The van der Waals surface area contributed by atoms with E-state index in [1.165, 1.54) is 11.5 Å². The molecule has 1 aliphatic carbocycles. The lowest BCUT2D eigenvalue weighted by Gasteiger charge is -1.97. The van der Waals surface area contributed by atoms with Crippen molar-refractivity contribution in [2.45, 2.75) is 6.42 Å². The van der Waals surface area contributed by atoms with Crippen LogP contribution >= 0.6 is 11.5 Å². The van der Waals surface area contributed by atoms with Crippen LogP contribution in [0.15, 0.2) is 6.08 Å². The highest BCUT2D eigenvalue weighted by Crippen LogP contribution is 2.17. The van der Waals surface area contributed by atoms with Crippen LogP contribution in [0.2, 0.25) is 0 Å². The van der Waals surface area contributed by atoms with Gasteiger partial charge in [0.1, 0.15) is 5.69 Å². The Hall–Kier alpha value is -1.03. The molecular formula is C6H4N2OS. The number of carbonyl (C=O) groups is 1. The molecule has 0 unspecified atom stereocenters. The molecule has 1 heterocycles. The number of hydrogen-bond donors (Lipinski definition) is 0. The molecule has 0 bridgehead atoms. The summed E-state index contributed by atoms with van der Waals surface area (Å²) in [7, 11) is 0. The SMILES string of the molecule is O=C1C=Cc2nnsc2C1. The third-order valence-corrected chi connectivity index (χ3v) is 2.08. The van der Waals surface area contributed by atoms with Crippen molar-refractivity contribution >= 4 is 23.4 Å². The van der Waals surface area contributed by atoms with Crippen molar-refractivity contribution in [3.63, 3.8) is 0 Å². The zero-order valence-electron chi connectivity index (χ0n) is 5.07. The molecule has 0 N–H and O–H groups in total. The molecule has 0 saturated heterocycles. The smallest absolute Gasteiger partial charge is 0.161 e. The standard InChI is InChI=1S/C6H4N2OS/c9-4-1-2-5-6(3-4)10-8-7-5/h1-2H,3H2. The fraction of sp³-hybridized carbons (Fsp3) is 0.167. The fourth-order valence-corrected chi connectivity index (χ4v) is 1.49. The molecule has 0 atom stereocenters. The van der Waals surface area contributed by atoms with Crippen molar-refractivity contribution in [2.75, 3.05) is 0 Å². The summed E-state index contributed by atoms with van der Waals surface area (Å²) >= 11 is 1.30. The van der Waals surface area contributed by atoms with E-state index < -0.39 is 0 Å². The highest BCUT2D eigenvalue weighted by atomic mass is 32.1. The van der Waals surface area contributed by atoms with Gasteiger partial charge in [-0.1, -0.05) is 4.49 Å². The highest BCUT2D eigenvalue weighted by Gasteiger charge is 2.12. The van der Waals surface area contributed by atoms with Gasteiger partial charge in [-0.3, -0.25) is 4.79 Å². The first-order chi connectivity index (χ1) is 4.86. The normalized spacial score (nSPS) is 15.4. The summed E-state index contributed by atoms with van der Waals surface area (Å²) in [4.78, 5) is 11.8. The van der Waals surface area contributed by atoms with Crippen LogP contribution in [-0.2, 0) is 11.2 Å². The summed E-state index contributed by atoms with van der Waals surface area (Å²) in [6.07, 6.45) is 3.73. The number of nitrogens with zero attached hydrogens (tertiary/aromatic N) is 2. The topological polar surface area (TPSA) is 42.9 Å². The van der Waals surface area contributed by atoms with E-state index in [0.29, 0.717) is 6.42 Å². The molecule has 50 valence electrons. The molecule has 0 spiro atoms. The lowest BCUT2D eigenvalue weighted by molar-refractivity contribution is -0.114. The van der Waals surface area contributed by atoms with Gasteiger partial charge in [0.25, 0.3) is 0 Å². The van der Waals surface area contributed by atoms with Gasteiger partial charge >= 0.3 is 0 Å². The summed E-state index contributed by atoms with van der Waals surface area (Å²) in [5.74, 6) is 0.138. The van der Waals surface area contributed by atoms with Crippen LogP contribution in [0.5, 0.6) is 0 Å². The molecule has 1 aromatic heterocycles. The lowest BCUT2D eigenvalue weighted by atomic mass is 10.1. The van der Waals surface area contributed by atoms with E-state index in [-0.39, 0.29) is 5.78 Å². The zero-order valence-corrected chi connectivity index (χ0v) is 5.89. The summed E-state index contributed by atoms with van der Waals surface area (Å²) in [5.41, 5.74) is 0.851. The van der Waals surface area contributed by atoms with Crippen molar-refractivity contribution in [1.82, 2.24) is 9.59 Å². The molecule has 0 radical (unpaired) electrons. The van der Waals surface area contributed by atoms with Crippen LogP contribution in [0.25, 0.3) is 6.08 Å². The Morgan fingerprint density at radius 1 is 1.50 bits per heavy atom. The second-order valence-corrected chi connectivity index (χ2v) is 2.90. The molecule has 10 heavy (non-hydrogen) atoms. The van der Waals surface area contributed by atoms with Crippen molar-refractivity contribution < 1.29 is 4.79 Å². The molecule has 1 aromatic rings. The Labute approximate surface area is 61.5 Å². The maximum atomic E-state index is 10.8. The monoisotopic (exact) mass is 152 g/mol. The molecular weight excluding hydrogens is 148 g/mol.